The second kappa shape index (κ2) is 17.0. The molecule has 0 saturated heterocycles. The minimum absolute atomic E-state index is 0.297. The predicted molar refractivity (Wildman–Crippen MR) is 159 cm³/mol. The molecule has 1 aliphatic heterocycles. The molecule has 1 unspecified atom stereocenters. The molecule has 2 N–H and O–H groups in total. The first kappa shape index (κ1) is 29.0. The summed E-state index contributed by atoms with van der Waals surface area (Å²) in [6, 6.07) is 15.3. The van der Waals surface area contributed by atoms with Gasteiger partial charge in [0.05, 0.1) is 5.69 Å². The van der Waals surface area contributed by atoms with Crippen molar-refractivity contribution < 1.29 is 0 Å². The standard InChI is InChI=1S/C33H48N4/c1-3-5-13-31-14-8-6-7-10-22-34-25-21-33(4-2,20-12-24-36-31)26-29-16-18-30(19-17-29)27-35-28-32-15-9-11-23-37-32/h3,5,9,11,13,15-19,23-24,34-35H,4,6-8,10,12,14,20-22,25-28H2,1-2H3/b5-3-,31-13?,36-24?. The van der Waals surface area contributed by atoms with E-state index < -0.39 is 0 Å². The van der Waals surface area contributed by atoms with Crippen LogP contribution in [0.4, 0.5) is 0 Å². The Hall–Kier alpha value is -2.56. The molecule has 200 valence electrons. The molecular weight excluding hydrogens is 452 g/mol. The molecule has 37 heavy (non-hydrogen) atoms. The van der Waals surface area contributed by atoms with E-state index in [0.29, 0.717) is 5.41 Å². The second-order valence-electron chi connectivity index (χ2n) is 10.5. The van der Waals surface area contributed by atoms with Crippen LogP contribution in [0, 0.1) is 5.41 Å². The molecule has 0 fully saturated rings. The molecule has 0 spiro atoms. The van der Waals surface area contributed by atoms with Gasteiger partial charge in [-0.1, -0.05) is 68.7 Å². The molecule has 2 aromatic rings. The lowest BCUT2D eigenvalue weighted by molar-refractivity contribution is 0.228. The molecule has 4 nitrogen and oxygen atoms in total. The molecule has 1 aliphatic rings. The quantitative estimate of drug-likeness (QED) is 0.393. The van der Waals surface area contributed by atoms with Gasteiger partial charge < -0.3 is 10.6 Å². The minimum atomic E-state index is 0.297. The molecule has 3 rings (SSSR count). The van der Waals surface area contributed by atoms with Gasteiger partial charge in [0.25, 0.3) is 0 Å². The van der Waals surface area contributed by atoms with Crippen LogP contribution in [0.3, 0.4) is 0 Å². The third kappa shape index (κ3) is 11.2. The smallest absolute Gasteiger partial charge is 0.0541 e. The van der Waals surface area contributed by atoms with Gasteiger partial charge in [0.2, 0.25) is 0 Å². The summed E-state index contributed by atoms with van der Waals surface area (Å²) in [5.74, 6) is 0. The fourth-order valence-electron chi connectivity index (χ4n) is 5.16. The highest BCUT2D eigenvalue weighted by atomic mass is 14.9. The number of pyridine rings is 1. The fraction of sp³-hybridized carbons (Fsp3) is 0.515. The van der Waals surface area contributed by atoms with E-state index in [1.165, 1.54) is 61.8 Å². The third-order valence-electron chi connectivity index (χ3n) is 7.62. The lowest BCUT2D eigenvalue weighted by Gasteiger charge is -2.33. The first-order valence-electron chi connectivity index (χ1n) is 14.5. The number of nitrogens with zero attached hydrogens (tertiary/aromatic N) is 2. The highest BCUT2D eigenvalue weighted by Gasteiger charge is 2.27. The normalized spacial score (nSPS) is 21.6. The van der Waals surface area contributed by atoms with Gasteiger partial charge in [0.1, 0.15) is 0 Å². The maximum Gasteiger partial charge on any atom is 0.0541 e. The SMILES string of the molecule is C/C=C\C=C1CCCCCCNCCC(CC)(Cc2ccc(CNCc3ccccn3)cc2)CCC=N1. The molecule has 2 heterocycles. The number of rotatable bonds is 8. The van der Waals surface area contributed by atoms with Crippen LogP contribution in [0.2, 0.25) is 0 Å². The van der Waals surface area contributed by atoms with Gasteiger partial charge in [-0.25, -0.2) is 0 Å². The summed E-state index contributed by atoms with van der Waals surface area (Å²) >= 11 is 0. The summed E-state index contributed by atoms with van der Waals surface area (Å²) in [6.07, 6.45) is 22.4. The lowest BCUT2D eigenvalue weighted by Crippen LogP contribution is -2.29. The molecule has 1 atom stereocenters. The maximum atomic E-state index is 4.90. The average molecular weight is 501 g/mol. The van der Waals surface area contributed by atoms with Crippen LogP contribution < -0.4 is 10.6 Å². The van der Waals surface area contributed by atoms with E-state index in [4.69, 9.17) is 4.99 Å². The first-order chi connectivity index (χ1) is 18.2. The van der Waals surface area contributed by atoms with Crippen molar-refractivity contribution in [1.82, 2.24) is 15.6 Å². The topological polar surface area (TPSA) is 49.3 Å². The van der Waals surface area contributed by atoms with Crippen molar-refractivity contribution in [3.05, 3.63) is 89.4 Å². The van der Waals surface area contributed by atoms with E-state index in [1.54, 1.807) is 0 Å². The second-order valence-corrected chi connectivity index (χ2v) is 10.5. The Kier molecular flexibility index (Phi) is 13.4. The Morgan fingerprint density at radius 1 is 0.946 bits per heavy atom. The van der Waals surface area contributed by atoms with Crippen molar-refractivity contribution in [2.24, 2.45) is 10.4 Å². The number of hydrogen-bond acceptors (Lipinski definition) is 4. The number of allylic oxidation sites excluding steroid dienone is 4. The monoisotopic (exact) mass is 500 g/mol. The Bertz CT molecular complexity index is 962. The number of nitrogens with one attached hydrogen (secondary N) is 2. The summed E-state index contributed by atoms with van der Waals surface area (Å²) in [4.78, 5) is 9.29. The van der Waals surface area contributed by atoms with Crippen LogP contribution in [-0.4, -0.2) is 24.3 Å². The summed E-state index contributed by atoms with van der Waals surface area (Å²) in [5.41, 5.74) is 5.36. The van der Waals surface area contributed by atoms with Gasteiger partial charge >= 0.3 is 0 Å². The van der Waals surface area contributed by atoms with Gasteiger partial charge in [-0.2, -0.15) is 0 Å². The number of benzene rings is 1. The van der Waals surface area contributed by atoms with E-state index in [9.17, 15) is 0 Å². The van der Waals surface area contributed by atoms with E-state index >= 15 is 0 Å². The van der Waals surface area contributed by atoms with Crippen LogP contribution in [0.5, 0.6) is 0 Å². The number of hydrogen-bond donors (Lipinski definition) is 2. The maximum absolute atomic E-state index is 4.90. The zero-order chi connectivity index (χ0) is 26.0. The van der Waals surface area contributed by atoms with Crippen LogP contribution in [-0.2, 0) is 19.5 Å². The van der Waals surface area contributed by atoms with Crippen molar-refractivity contribution >= 4 is 6.21 Å². The largest absolute Gasteiger partial charge is 0.317 e. The van der Waals surface area contributed by atoms with E-state index in [-0.39, 0.29) is 0 Å². The third-order valence-corrected chi connectivity index (χ3v) is 7.62. The van der Waals surface area contributed by atoms with Crippen molar-refractivity contribution in [3.8, 4) is 0 Å². The summed E-state index contributed by atoms with van der Waals surface area (Å²) in [5, 5.41) is 7.26. The van der Waals surface area contributed by atoms with E-state index in [1.807, 2.05) is 18.3 Å². The van der Waals surface area contributed by atoms with Crippen molar-refractivity contribution in [1.29, 1.82) is 0 Å². The van der Waals surface area contributed by atoms with E-state index in [2.05, 4.69) is 84.2 Å². The van der Waals surface area contributed by atoms with Crippen LogP contribution >= 0.6 is 0 Å². The fourth-order valence-corrected chi connectivity index (χ4v) is 5.16. The van der Waals surface area contributed by atoms with Gasteiger partial charge in [-0.3, -0.25) is 9.98 Å². The van der Waals surface area contributed by atoms with Crippen LogP contribution in [0.15, 0.2) is 77.6 Å². The first-order valence-corrected chi connectivity index (χ1v) is 14.5. The molecule has 1 aromatic carbocycles. The van der Waals surface area contributed by atoms with E-state index in [0.717, 1.165) is 51.1 Å². The predicted octanol–water partition coefficient (Wildman–Crippen LogP) is 7.57. The summed E-state index contributed by atoms with van der Waals surface area (Å²) in [7, 11) is 0. The summed E-state index contributed by atoms with van der Waals surface area (Å²) < 4.78 is 0. The molecule has 0 amide bonds. The summed E-state index contributed by atoms with van der Waals surface area (Å²) in [6.45, 7) is 8.34. The molecule has 0 bridgehead atoms. The van der Waals surface area contributed by atoms with Crippen LogP contribution in [0.25, 0.3) is 0 Å². The Labute approximate surface area is 225 Å². The minimum Gasteiger partial charge on any atom is -0.317 e. The lowest BCUT2D eigenvalue weighted by atomic mass is 9.73. The van der Waals surface area contributed by atoms with Gasteiger partial charge in [-0.15, -0.1) is 0 Å². The highest BCUT2D eigenvalue weighted by molar-refractivity contribution is 5.59. The molecule has 0 aliphatic carbocycles. The molecule has 0 saturated carbocycles. The Balaban J connectivity index is 1.62. The zero-order valence-electron chi connectivity index (χ0n) is 23.2. The highest BCUT2D eigenvalue weighted by Crippen LogP contribution is 2.36. The molecule has 0 radical (unpaired) electrons. The van der Waals surface area contributed by atoms with Crippen molar-refractivity contribution in [2.45, 2.75) is 91.1 Å². The number of aromatic nitrogens is 1. The van der Waals surface area contributed by atoms with Crippen LogP contribution in [0.1, 0.15) is 88.5 Å². The molecule has 4 heteroatoms. The van der Waals surface area contributed by atoms with Gasteiger partial charge in [0.15, 0.2) is 0 Å². The molecule has 1 aromatic heterocycles. The average Bonchev–Trinajstić information content (AvgIpc) is 2.94. The molecular formula is C33H48N4. The number of aliphatic imine (C=N–C) groups is 1. The van der Waals surface area contributed by atoms with Crippen molar-refractivity contribution in [2.75, 3.05) is 13.1 Å². The van der Waals surface area contributed by atoms with Gasteiger partial charge in [0, 0.05) is 31.2 Å². The van der Waals surface area contributed by atoms with Gasteiger partial charge in [-0.05, 0) is 99.7 Å². The zero-order valence-corrected chi connectivity index (χ0v) is 23.2. The van der Waals surface area contributed by atoms with Crippen molar-refractivity contribution in [3.63, 3.8) is 0 Å². The Morgan fingerprint density at radius 2 is 1.78 bits per heavy atom. The Morgan fingerprint density at radius 3 is 2.57 bits per heavy atom.